The van der Waals surface area contributed by atoms with Gasteiger partial charge in [-0.25, -0.2) is 8.42 Å². The monoisotopic (exact) mass is 518 g/mol. The minimum Gasteiger partial charge on any atom is -0.476 e. The van der Waals surface area contributed by atoms with Crippen molar-refractivity contribution < 1.29 is 17.9 Å². The summed E-state index contributed by atoms with van der Waals surface area (Å²) in [4.78, 5) is 13.6. The molecule has 8 heteroatoms. The van der Waals surface area contributed by atoms with Crippen LogP contribution in [0, 0.1) is 6.92 Å². The summed E-state index contributed by atoms with van der Waals surface area (Å²) in [6.07, 6.45) is 0.920. The molecule has 6 nitrogen and oxygen atoms in total. The second-order valence-corrected chi connectivity index (χ2v) is 11.5. The maximum absolute atomic E-state index is 13.7. The van der Waals surface area contributed by atoms with Crippen LogP contribution in [0.2, 0.25) is 5.02 Å². The van der Waals surface area contributed by atoms with E-state index in [4.69, 9.17) is 16.3 Å². The normalized spacial score (nSPS) is 16.5. The first-order valence-corrected chi connectivity index (χ1v) is 13.5. The smallest absolute Gasteiger partial charge is 0.267 e. The molecule has 0 radical (unpaired) electrons. The zero-order chi connectivity index (χ0) is 25.0. The summed E-state index contributed by atoms with van der Waals surface area (Å²) in [5.74, 6) is -0.139. The molecule has 6 rings (SSSR count). The van der Waals surface area contributed by atoms with E-state index in [-0.39, 0.29) is 17.2 Å². The molecule has 0 fully saturated rings. The third kappa shape index (κ3) is 3.79. The lowest BCUT2D eigenvalue weighted by atomic mass is 10.0. The number of carbonyl (C=O) groups is 1. The Morgan fingerprint density at radius 3 is 2.53 bits per heavy atom. The van der Waals surface area contributed by atoms with Crippen LogP contribution in [0.1, 0.15) is 16.7 Å². The van der Waals surface area contributed by atoms with E-state index in [1.807, 2.05) is 31.2 Å². The van der Waals surface area contributed by atoms with E-state index >= 15 is 0 Å². The summed E-state index contributed by atoms with van der Waals surface area (Å²) >= 11 is 6.19. The second-order valence-electron chi connectivity index (χ2n) is 9.17. The predicted octanol–water partition coefficient (Wildman–Crippen LogP) is 5.50. The van der Waals surface area contributed by atoms with Crippen molar-refractivity contribution >= 4 is 49.7 Å². The summed E-state index contributed by atoms with van der Waals surface area (Å²) in [6, 6.07) is 21.4. The number of aryl methyl sites for hydroxylation is 3. The van der Waals surface area contributed by atoms with Crippen LogP contribution < -0.4 is 14.4 Å². The second kappa shape index (κ2) is 8.54. The van der Waals surface area contributed by atoms with Gasteiger partial charge < -0.3 is 10.1 Å². The van der Waals surface area contributed by atoms with Gasteiger partial charge in [0.2, 0.25) is 0 Å². The number of amides is 1. The van der Waals surface area contributed by atoms with Gasteiger partial charge in [0.05, 0.1) is 17.1 Å². The van der Waals surface area contributed by atoms with Crippen molar-refractivity contribution in [2.45, 2.75) is 30.8 Å². The van der Waals surface area contributed by atoms with Crippen LogP contribution in [0.15, 0.2) is 77.7 Å². The topological polar surface area (TPSA) is 75.7 Å². The quantitative estimate of drug-likeness (QED) is 0.387. The molecule has 0 bridgehead atoms. The SMILES string of the molecule is Cc1ccc(S(=O)(=O)N2CC(C(=O)Nc3ccc4c5c(cccc35)CC4)Oc3ccc(Cl)cc32)cc1. The van der Waals surface area contributed by atoms with Crippen LogP contribution in [-0.2, 0) is 27.7 Å². The van der Waals surface area contributed by atoms with Crippen LogP contribution in [0.3, 0.4) is 0 Å². The summed E-state index contributed by atoms with van der Waals surface area (Å²) in [6.45, 7) is 1.71. The van der Waals surface area contributed by atoms with Gasteiger partial charge in [-0.2, -0.15) is 0 Å². The highest BCUT2D eigenvalue weighted by Crippen LogP contribution is 2.40. The van der Waals surface area contributed by atoms with E-state index in [0.717, 1.165) is 23.8 Å². The highest BCUT2D eigenvalue weighted by molar-refractivity contribution is 7.92. The molecule has 0 saturated carbocycles. The molecule has 1 heterocycles. The molecule has 1 amide bonds. The Morgan fingerprint density at radius 2 is 1.75 bits per heavy atom. The van der Waals surface area contributed by atoms with Crippen molar-refractivity contribution in [3.8, 4) is 5.75 Å². The van der Waals surface area contributed by atoms with Crippen LogP contribution in [0.5, 0.6) is 5.75 Å². The van der Waals surface area contributed by atoms with Gasteiger partial charge in [-0.05, 0) is 72.7 Å². The van der Waals surface area contributed by atoms with Gasteiger partial charge >= 0.3 is 0 Å². The Hall–Kier alpha value is -3.55. The van der Waals surface area contributed by atoms with Crippen molar-refractivity contribution in [3.05, 3.63) is 94.5 Å². The largest absolute Gasteiger partial charge is 0.476 e. The Morgan fingerprint density at radius 1 is 1.00 bits per heavy atom. The third-order valence-electron chi connectivity index (χ3n) is 6.83. The maximum Gasteiger partial charge on any atom is 0.267 e. The van der Waals surface area contributed by atoms with Crippen LogP contribution >= 0.6 is 11.6 Å². The van der Waals surface area contributed by atoms with Crippen LogP contribution in [-0.4, -0.2) is 27.0 Å². The minimum atomic E-state index is -3.97. The van der Waals surface area contributed by atoms with E-state index < -0.39 is 22.0 Å². The van der Waals surface area contributed by atoms with Gasteiger partial charge in [0.25, 0.3) is 15.9 Å². The van der Waals surface area contributed by atoms with Crippen molar-refractivity contribution in [3.63, 3.8) is 0 Å². The first-order chi connectivity index (χ1) is 17.3. The number of benzene rings is 4. The molecule has 182 valence electrons. The average molecular weight is 519 g/mol. The number of carbonyl (C=O) groups excluding carboxylic acids is 1. The van der Waals surface area contributed by atoms with Crippen LogP contribution in [0.25, 0.3) is 10.8 Å². The first kappa shape index (κ1) is 22.9. The number of anilines is 2. The number of sulfonamides is 1. The number of hydrogen-bond acceptors (Lipinski definition) is 4. The molecule has 0 spiro atoms. The van der Waals surface area contributed by atoms with Crippen molar-refractivity contribution in [2.75, 3.05) is 16.2 Å². The number of ether oxygens (including phenoxy) is 1. The van der Waals surface area contributed by atoms with Gasteiger partial charge in [0, 0.05) is 16.1 Å². The molecular weight excluding hydrogens is 496 g/mol. The van der Waals surface area contributed by atoms with Gasteiger partial charge in [-0.15, -0.1) is 0 Å². The lowest BCUT2D eigenvalue weighted by Gasteiger charge is -2.35. The molecule has 1 aliphatic carbocycles. The Bertz CT molecular complexity index is 1620. The van der Waals surface area contributed by atoms with Crippen molar-refractivity contribution in [1.82, 2.24) is 0 Å². The van der Waals surface area contributed by atoms with Crippen molar-refractivity contribution in [1.29, 1.82) is 0 Å². The lowest BCUT2D eigenvalue weighted by Crippen LogP contribution is -2.48. The van der Waals surface area contributed by atoms with E-state index in [0.29, 0.717) is 16.4 Å². The molecule has 1 atom stereocenters. The van der Waals surface area contributed by atoms with E-state index in [1.165, 1.54) is 20.8 Å². The number of nitrogens with one attached hydrogen (secondary N) is 1. The van der Waals surface area contributed by atoms with E-state index in [2.05, 4.69) is 11.4 Å². The zero-order valence-electron chi connectivity index (χ0n) is 19.5. The maximum atomic E-state index is 13.7. The van der Waals surface area contributed by atoms with Gasteiger partial charge in [-0.3, -0.25) is 9.10 Å². The first-order valence-electron chi connectivity index (χ1n) is 11.7. The summed E-state index contributed by atoms with van der Waals surface area (Å²) in [7, 11) is -3.97. The number of fused-ring (bicyclic) bond motifs is 1. The molecule has 0 saturated heterocycles. The summed E-state index contributed by atoms with van der Waals surface area (Å²) in [5, 5.41) is 5.52. The lowest BCUT2D eigenvalue weighted by molar-refractivity contribution is -0.122. The fourth-order valence-electron chi connectivity index (χ4n) is 5.00. The number of rotatable bonds is 4. The Kier molecular flexibility index (Phi) is 5.43. The predicted molar refractivity (Wildman–Crippen MR) is 142 cm³/mol. The fourth-order valence-corrected chi connectivity index (χ4v) is 6.63. The van der Waals surface area contributed by atoms with Crippen molar-refractivity contribution in [2.24, 2.45) is 0 Å². The minimum absolute atomic E-state index is 0.132. The van der Waals surface area contributed by atoms with E-state index in [1.54, 1.807) is 42.5 Å². The molecule has 4 aromatic carbocycles. The number of nitrogens with zero attached hydrogens (tertiary/aromatic N) is 1. The third-order valence-corrected chi connectivity index (χ3v) is 8.86. The van der Waals surface area contributed by atoms with Crippen LogP contribution in [0.4, 0.5) is 11.4 Å². The molecule has 2 aliphatic rings. The number of hydrogen-bond donors (Lipinski definition) is 1. The molecule has 1 aliphatic heterocycles. The Balaban J connectivity index is 1.36. The molecule has 1 unspecified atom stereocenters. The van der Waals surface area contributed by atoms with Gasteiger partial charge in [0.15, 0.2) is 6.10 Å². The molecule has 4 aromatic rings. The molecule has 36 heavy (non-hydrogen) atoms. The zero-order valence-corrected chi connectivity index (χ0v) is 21.1. The van der Waals surface area contributed by atoms with E-state index in [9.17, 15) is 13.2 Å². The molecular formula is C28H23ClN2O4S. The summed E-state index contributed by atoms with van der Waals surface area (Å²) in [5.41, 5.74) is 4.47. The highest BCUT2D eigenvalue weighted by Gasteiger charge is 2.38. The number of halogens is 1. The van der Waals surface area contributed by atoms with Gasteiger partial charge in [-0.1, -0.05) is 53.6 Å². The average Bonchev–Trinajstić information content (AvgIpc) is 3.30. The molecule has 1 N–H and O–H groups in total. The standard InChI is InChI=1S/C28H23ClN2O4S/c1-17-5-11-21(12-6-17)36(33,34)31-16-26(35-25-14-10-20(29)15-24(25)31)28(32)30-23-13-9-19-8-7-18-3-2-4-22(23)27(18)19/h2-6,9-15,26H,7-8,16H2,1H3,(H,30,32). The summed E-state index contributed by atoms with van der Waals surface area (Å²) < 4.78 is 34.5. The molecule has 0 aromatic heterocycles. The Labute approximate surface area is 214 Å². The highest BCUT2D eigenvalue weighted by atomic mass is 35.5. The van der Waals surface area contributed by atoms with Gasteiger partial charge in [0.1, 0.15) is 5.75 Å². The fraction of sp³-hybridized carbons (Fsp3) is 0.179.